The summed E-state index contributed by atoms with van der Waals surface area (Å²) in [6.07, 6.45) is 63.5. The molecule has 2 atom stereocenters. The SMILES string of the molecule is CC/C=C\C/C=C\C/C=C\C/C=C\CCCCCCCCCCCCCCCCCCCCCCCCCCC(=O)OC(COC(=O)CCCCCCCCCCC)COC(OCC[N+](C)(C)C)C(=O)[O-]. The molecule has 0 N–H and O–H groups in total. The summed E-state index contributed by atoms with van der Waals surface area (Å²) in [5.74, 6) is -2.27. The van der Waals surface area contributed by atoms with Gasteiger partial charge in [0, 0.05) is 12.8 Å². The lowest BCUT2D eigenvalue weighted by atomic mass is 10.0. The lowest BCUT2D eigenvalue weighted by Gasteiger charge is -2.26. The van der Waals surface area contributed by atoms with Crippen LogP contribution in [0.2, 0.25) is 0 Å². The minimum absolute atomic E-state index is 0.150. The van der Waals surface area contributed by atoms with E-state index >= 15 is 0 Å². The van der Waals surface area contributed by atoms with Crippen molar-refractivity contribution in [3.63, 3.8) is 0 Å². The minimum Gasteiger partial charge on any atom is -0.545 e. The van der Waals surface area contributed by atoms with Crippen LogP contribution >= 0.6 is 0 Å². The van der Waals surface area contributed by atoms with Gasteiger partial charge in [-0.2, -0.15) is 0 Å². The van der Waals surface area contributed by atoms with Crippen LogP contribution in [0.15, 0.2) is 48.6 Å². The summed E-state index contributed by atoms with van der Waals surface area (Å²) in [7, 11) is 5.92. The number of allylic oxidation sites excluding steroid dienone is 8. The van der Waals surface area contributed by atoms with Gasteiger partial charge in [0.25, 0.3) is 0 Å². The monoisotopic (exact) mass is 1000 g/mol. The Hall–Kier alpha value is -2.75. The fourth-order valence-corrected chi connectivity index (χ4v) is 8.53. The molecular weight excluding hydrogens is 887 g/mol. The van der Waals surface area contributed by atoms with Crippen LogP contribution in [0.5, 0.6) is 0 Å². The van der Waals surface area contributed by atoms with Crippen molar-refractivity contribution in [1.82, 2.24) is 0 Å². The summed E-state index contributed by atoms with van der Waals surface area (Å²) in [6.45, 7) is 4.63. The quantitative estimate of drug-likeness (QED) is 0.0195. The number of hydrogen-bond donors (Lipinski definition) is 0. The first-order valence-corrected chi connectivity index (χ1v) is 29.8. The Morgan fingerprint density at radius 2 is 0.803 bits per heavy atom. The lowest BCUT2D eigenvalue weighted by Crippen LogP contribution is -2.44. The standard InChI is InChI=1S/C62H113NO8/c1-6-8-10-12-14-16-17-18-19-20-21-22-23-24-25-26-27-28-29-30-31-32-33-34-35-36-37-38-39-40-41-42-43-45-47-49-51-53-60(65)71-58(57-70-62(61(66)67)68-55-54-63(3,4)5)56-69-59(64)52-50-48-46-44-15-13-11-9-7-2/h8,10,14,16,18-19,21-22,58,62H,6-7,9,11-13,15,17,20,23-57H2,1-5H3/b10-8-,16-14-,19-18-,22-21-. The second-order valence-corrected chi connectivity index (χ2v) is 21.3. The third-order valence-corrected chi connectivity index (χ3v) is 13.1. The predicted octanol–water partition coefficient (Wildman–Crippen LogP) is 16.1. The van der Waals surface area contributed by atoms with Crippen molar-refractivity contribution >= 4 is 17.9 Å². The van der Waals surface area contributed by atoms with Gasteiger partial charge >= 0.3 is 11.9 Å². The van der Waals surface area contributed by atoms with Crippen molar-refractivity contribution in [3.8, 4) is 0 Å². The van der Waals surface area contributed by atoms with Crippen molar-refractivity contribution in [3.05, 3.63) is 48.6 Å². The van der Waals surface area contributed by atoms with Crippen molar-refractivity contribution in [2.24, 2.45) is 0 Å². The van der Waals surface area contributed by atoms with Crippen LogP contribution in [0.25, 0.3) is 0 Å². The number of rotatable bonds is 55. The molecule has 0 spiro atoms. The molecule has 0 heterocycles. The highest BCUT2D eigenvalue weighted by atomic mass is 16.7. The van der Waals surface area contributed by atoms with E-state index in [4.69, 9.17) is 18.9 Å². The van der Waals surface area contributed by atoms with Gasteiger partial charge in [-0.1, -0.05) is 255 Å². The third-order valence-electron chi connectivity index (χ3n) is 13.1. The second kappa shape index (κ2) is 53.5. The van der Waals surface area contributed by atoms with Crippen molar-refractivity contribution in [1.29, 1.82) is 0 Å². The largest absolute Gasteiger partial charge is 0.545 e. The third kappa shape index (κ3) is 54.9. The molecule has 0 aromatic rings. The fourth-order valence-electron chi connectivity index (χ4n) is 8.53. The van der Waals surface area contributed by atoms with E-state index in [2.05, 4.69) is 62.5 Å². The minimum atomic E-state index is -1.62. The topological polar surface area (TPSA) is 111 Å². The van der Waals surface area contributed by atoms with Crippen LogP contribution in [-0.4, -0.2) is 82.3 Å². The first kappa shape index (κ1) is 68.2. The van der Waals surface area contributed by atoms with Gasteiger partial charge in [0.1, 0.15) is 13.2 Å². The van der Waals surface area contributed by atoms with Gasteiger partial charge in [0.2, 0.25) is 0 Å². The average molecular weight is 1000 g/mol. The smallest absolute Gasteiger partial charge is 0.306 e. The van der Waals surface area contributed by atoms with Crippen LogP contribution in [0.4, 0.5) is 0 Å². The molecule has 0 radical (unpaired) electrons. The van der Waals surface area contributed by atoms with Gasteiger partial charge < -0.3 is 33.3 Å². The van der Waals surface area contributed by atoms with Crippen LogP contribution < -0.4 is 5.11 Å². The summed E-state index contributed by atoms with van der Waals surface area (Å²) in [5.41, 5.74) is 0. The molecule has 0 aliphatic carbocycles. The molecule has 0 saturated carbocycles. The van der Waals surface area contributed by atoms with Gasteiger partial charge in [-0.15, -0.1) is 0 Å². The number of hydrogen-bond acceptors (Lipinski definition) is 8. The molecule has 0 aliphatic heterocycles. The Morgan fingerprint density at radius 1 is 0.437 bits per heavy atom. The van der Waals surface area contributed by atoms with Gasteiger partial charge in [0.15, 0.2) is 12.4 Å². The van der Waals surface area contributed by atoms with Crippen molar-refractivity contribution < 1.29 is 42.9 Å². The summed E-state index contributed by atoms with van der Waals surface area (Å²) < 4.78 is 22.6. The molecule has 414 valence electrons. The summed E-state index contributed by atoms with van der Waals surface area (Å²) in [4.78, 5) is 37.1. The molecule has 2 unspecified atom stereocenters. The van der Waals surface area contributed by atoms with E-state index in [0.717, 1.165) is 64.2 Å². The first-order valence-electron chi connectivity index (χ1n) is 29.8. The number of unbranched alkanes of at least 4 members (excludes halogenated alkanes) is 32. The van der Waals surface area contributed by atoms with Crippen LogP contribution in [-0.2, 0) is 33.3 Å². The summed E-state index contributed by atoms with van der Waals surface area (Å²) in [5, 5.41) is 11.7. The second-order valence-electron chi connectivity index (χ2n) is 21.3. The number of carbonyl (C=O) groups is 3. The highest BCUT2D eigenvalue weighted by Crippen LogP contribution is 2.17. The van der Waals surface area contributed by atoms with Crippen molar-refractivity contribution in [2.45, 2.75) is 283 Å². The lowest BCUT2D eigenvalue weighted by molar-refractivity contribution is -0.870. The van der Waals surface area contributed by atoms with E-state index in [1.807, 2.05) is 21.1 Å². The molecular formula is C62H113NO8. The van der Waals surface area contributed by atoms with E-state index in [-0.39, 0.29) is 32.2 Å². The molecule has 0 aromatic carbocycles. The zero-order valence-electron chi connectivity index (χ0n) is 47.1. The van der Waals surface area contributed by atoms with Crippen LogP contribution in [0.1, 0.15) is 271 Å². The summed E-state index contributed by atoms with van der Waals surface area (Å²) >= 11 is 0. The number of quaternary nitrogens is 1. The molecule has 0 saturated heterocycles. The van der Waals surface area contributed by atoms with E-state index in [1.165, 1.54) is 180 Å². The van der Waals surface area contributed by atoms with Gasteiger partial charge in [-0.3, -0.25) is 9.59 Å². The van der Waals surface area contributed by atoms with Gasteiger partial charge in [-0.05, 0) is 51.4 Å². The Morgan fingerprint density at radius 3 is 1.20 bits per heavy atom. The highest BCUT2D eigenvalue weighted by Gasteiger charge is 2.22. The molecule has 0 aliphatic rings. The van der Waals surface area contributed by atoms with Gasteiger partial charge in [0.05, 0.1) is 40.3 Å². The van der Waals surface area contributed by atoms with E-state index < -0.39 is 24.3 Å². The Labute approximate surface area is 438 Å². The predicted molar refractivity (Wildman–Crippen MR) is 297 cm³/mol. The highest BCUT2D eigenvalue weighted by molar-refractivity contribution is 5.70. The van der Waals surface area contributed by atoms with E-state index in [9.17, 15) is 19.5 Å². The van der Waals surface area contributed by atoms with Crippen LogP contribution in [0, 0.1) is 0 Å². The number of carboxylic acid groups (broad SMARTS) is 1. The maximum absolute atomic E-state index is 12.8. The molecule has 0 rings (SSSR count). The molecule has 0 bridgehead atoms. The number of aliphatic carboxylic acids is 1. The number of carboxylic acids is 1. The van der Waals surface area contributed by atoms with Gasteiger partial charge in [-0.25, -0.2) is 0 Å². The zero-order chi connectivity index (χ0) is 52.0. The molecule has 9 nitrogen and oxygen atoms in total. The van der Waals surface area contributed by atoms with E-state index in [1.54, 1.807) is 0 Å². The molecule has 71 heavy (non-hydrogen) atoms. The number of carbonyl (C=O) groups excluding carboxylic acids is 3. The zero-order valence-corrected chi connectivity index (χ0v) is 47.1. The molecule has 9 heteroatoms. The fraction of sp³-hybridized carbons (Fsp3) is 0.823. The number of likely N-dealkylation sites (N-methyl/N-ethyl adjacent to an activating group) is 1. The number of esters is 2. The molecule has 0 amide bonds. The molecule has 0 fully saturated rings. The number of nitrogens with zero attached hydrogens (tertiary/aromatic N) is 1. The normalized spacial score (nSPS) is 13.1. The summed E-state index contributed by atoms with van der Waals surface area (Å²) in [6, 6.07) is 0. The first-order chi connectivity index (χ1) is 34.6. The van der Waals surface area contributed by atoms with Crippen molar-refractivity contribution in [2.75, 3.05) is 47.5 Å². The Balaban J connectivity index is 3.90. The Kier molecular flexibility index (Phi) is 51.5. The maximum atomic E-state index is 12.8. The maximum Gasteiger partial charge on any atom is 0.306 e. The number of ether oxygens (including phenoxy) is 4. The Bertz CT molecular complexity index is 1300. The average Bonchev–Trinajstić information content (AvgIpc) is 3.34. The van der Waals surface area contributed by atoms with E-state index in [0.29, 0.717) is 17.4 Å². The molecule has 0 aromatic heterocycles. The van der Waals surface area contributed by atoms with Crippen LogP contribution in [0.3, 0.4) is 0 Å².